The molecule has 1 atom stereocenters. The van der Waals surface area contributed by atoms with Gasteiger partial charge in [0, 0.05) is 31.3 Å². The van der Waals surface area contributed by atoms with Gasteiger partial charge in [-0.05, 0) is 54.7 Å². The van der Waals surface area contributed by atoms with Crippen molar-refractivity contribution in [3.63, 3.8) is 0 Å². The number of amides is 2. The summed E-state index contributed by atoms with van der Waals surface area (Å²) in [5.41, 5.74) is 4.16. The number of fused-ring (bicyclic) bond motifs is 1. The van der Waals surface area contributed by atoms with Crippen LogP contribution in [0.1, 0.15) is 46.8 Å². The second kappa shape index (κ2) is 6.36. The minimum absolute atomic E-state index is 0.0287. The van der Waals surface area contributed by atoms with Gasteiger partial charge >= 0.3 is 0 Å². The molecule has 0 radical (unpaired) electrons. The zero-order chi connectivity index (χ0) is 17.4. The predicted molar refractivity (Wildman–Crippen MR) is 97.6 cm³/mol. The van der Waals surface area contributed by atoms with Gasteiger partial charge in [0.2, 0.25) is 5.91 Å². The summed E-state index contributed by atoms with van der Waals surface area (Å²) in [6.45, 7) is 0.769. The summed E-state index contributed by atoms with van der Waals surface area (Å²) in [5.74, 6) is 0.194. The number of aryl methyl sites for hydroxylation is 1. The molecule has 2 aromatic rings. The lowest BCUT2D eigenvalue weighted by Crippen LogP contribution is -2.30. The van der Waals surface area contributed by atoms with Crippen LogP contribution in [0, 0.1) is 0 Å². The van der Waals surface area contributed by atoms with Gasteiger partial charge in [0.05, 0.1) is 6.04 Å². The van der Waals surface area contributed by atoms with Gasteiger partial charge in [0.25, 0.3) is 5.91 Å². The number of benzene rings is 2. The minimum Gasteiger partial charge on any atom is -0.335 e. The van der Waals surface area contributed by atoms with Gasteiger partial charge in [-0.15, -0.1) is 0 Å². The molecule has 2 amide bonds. The van der Waals surface area contributed by atoms with Crippen molar-refractivity contribution in [2.45, 2.75) is 31.7 Å². The molecule has 128 valence electrons. The summed E-state index contributed by atoms with van der Waals surface area (Å²) in [5, 5.41) is 0. The van der Waals surface area contributed by atoms with Crippen LogP contribution in [-0.2, 0) is 11.2 Å². The molecule has 1 saturated heterocycles. The molecule has 25 heavy (non-hydrogen) atoms. The van der Waals surface area contributed by atoms with E-state index in [2.05, 4.69) is 18.2 Å². The highest BCUT2D eigenvalue weighted by Crippen LogP contribution is 2.35. The molecular weight excluding hydrogens is 312 g/mol. The van der Waals surface area contributed by atoms with Crippen LogP contribution >= 0.6 is 0 Å². The average molecular weight is 334 g/mol. The average Bonchev–Trinajstić information content (AvgIpc) is 3.27. The zero-order valence-electron chi connectivity index (χ0n) is 14.4. The van der Waals surface area contributed by atoms with E-state index in [0.717, 1.165) is 31.5 Å². The van der Waals surface area contributed by atoms with Crippen molar-refractivity contribution in [1.82, 2.24) is 4.90 Å². The minimum atomic E-state index is 0.0287. The van der Waals surface area contributed by atoms with Crippen LogP contribution < -0.4 is 4.90 Å². The largest absolute Gasteiger partial charge is 0.335 e. The fraction of sp³-hybridized carbons (Fsp3) is 0.333. The lowest BCUT2D eigenvalue weighted by Gasteiger charge is -2.26. The number of hydrogen-bond acceptors (Lipinski definition) is 2. The Labute approximate surface area is 148 Å². The van der Waals surface area contributed by atoms with Crippen molar-refractivity contribution < 1.29 is 9.59 Å². The SMILES string of the molecule is CN(C(=O)c1ccc(N2CCCC2=O)cc1)C1CCc2ccccc21. The molecular formula is C21H22N2O2. The fourth-order valence-electron chi connectivity index (χ4n) is 3.99. The van der Waals surface area contributed by atoms with Crippen LogP contribution in [0.4, 0.5) is 5.69 Å². The van der Waals surface area contributed by atoms with E-state index in [1.165, 1.54) is 11.1 Å². The Morgan fingerprint density at radius 3 is 2.56 bits per heavy atom. The first-order valence-corrected chi connectivity index (χ1v) is 8.90. The van der Waals surface area contributed by atoms with E-state index in [9.17, 15) is 9.59 Å². The Kier molecular flexibility index (Phi) is 4.04. The van der Waals surface area contributed by atoms with Crippen molar-refractivity contribution in [3.05, 3.63) is 65.2 Å². The van der Waals surface area contributed by atoms with E-state index in [0.29, 0.717) is 12.0 Å². The lowest BCUT2D eigenvalue weighted by atomic mass is 10.1. The van der Waals surface area contributed by atoms with Crippen LogP contribution in [-0.4, -0.2) is 30.3 Å². The van der Waals surface area contributed by atoms with E-state index in [1.54, 1.807) is 4.90 Å². The van der Waals surface area contributed by atoms with Gasteiger partial charge in [-0.2, -0.15) is 0 Å². The second-order valence-corrected chi connectivity index (χ2v) is 6.87. The first kappa shape index (κ1) is 15.9. The number of rotatable bonds is 3. The molecule has 0 N–H and O–H groups in total. The third-order valence-electron chi connectivity index (χ3n) is 5.39. The van der Waals surface area contributed by atoms with Crippen molar-refractivity contribution >= 4 is 17.5 Å². The molecule has 1 fully saturated rings. The van der Waals surface area contributed by atoms with Gasteiger partial charge in [-0.3, -0.25) is 9.59 Å². The van der Waals surface area contributed by atoms with Crippen molar-refractivity contribution in [1.29, 1.82) is 0 Å². The Hall–Kier alpha value is -2.62. The quantitative estimate of drug-likeness (QED) is 0.861. The lowest BCUT2D eigenvalue weighted by molar-refractivity contribution is -0.117. The summed E-state index contributed by atoms with van der Waals surface area (Å²) in [4.78, 5) is 28.4. The number of hydrogen-bond donors (Lipinski definition) is 0. The Morgan fingerprint density at radius 1 is 1.08 bits per heavy atom. The van der Waals surface area contributed by atoms with Gasteiger partial charge in [0.15, 0.2) is 0 Å². The molecule has 4 rings (SSSR count). The summed E-state index contributed by atoms with van der Waals surface area (Å²) >= 11 is 0. The smallest absolute Gasteiger partial charge is 0.254 e. The molecule has 4 nitrogen and oxygen atoms in total. The molecule has 1 unspecified atom stereocenters. The van der Waals surface area contributed by atoms with Crippen LogP contribution in [0.3, 0.4) is 0 Å². The number of nitrogens with zero attached hydrogens (tertiary/aromatic N) is 2. The molecule has 0 bridgehead atoms. The van der Waals surface area contributed by atoms with E-state index < -0.39 is 0 Å². The molecule has 0 saturated carbocycles. The van der Waals surface area contributed by atoms with E-state index >= 15 is 0 Å². The summed E-state index contributed by atoms with van der Waals surface area (Å²) < 4.78 is 0. The molecule has 2 aliphatic rings. The number of carbonyl (C=O) groups is 2. The van der Waals surface area contributed by atoms with Crippen LogP contribution in [0.5, 0.6) is 0 Å². The summed E-state index contributed by atoms with van der Waals surface area (Å²) in [6, 6.07) is 15.9. The molecule has 1 aliphatic carbocycles. The summed E-state index contributed by atoms with van der Waals surface area (Å²) in [6.07, 6.45) is 3.52. The van der Waals surface area contributed by atoms with E-state index in [4.69, 9.17) is 0 Å². The van der Waals surface area contributed by atoms with E-state index in [-0.39, 0.29) is 17.9 Å². The highest BCUT2D eigenvalue weighted by molar-refractivity contribution is 5.97. The second-order valence-electron chi connectivity index (χ2n) is 6.87. The number of anilines is 1. The zero-order valence-corrected chi connectivity index (χ0v) is 14.4. The van der Waals surface area contributed by atoms with Crippen LogP contribution in [0.15, 0.2) is 48.5 Å². The maximum absolute atomic E-state index is 12.9. The third-order valence-corrected chi connectivity index (χ3v) is 5.39. The number of carbonyl (C=O) groups excluding carboxylic acids is 2. The normalized spacial score (nSPS) is 19.2. The standard InChI is InChI=1S/C21H22N2O2/c1-22(19-13-10-15-5-2-3-6-18(15)19)21(25)16-8-11-17(12-9-16)23-14-4-7-20(23)24/h2-3,5-6,8-9,11-12,19H,4,7,10,13-14H2,1H3. The van der Waals surface area contributed by atoms with Gasteiger partial charge < -0.3 is 9.80 Å². The summed E-state index contributed by atoms with van der Waals surface area (Å²) in [7, 11) is 1.88. The van der Waals surface area contributed by atoms with Crippen LogP contribution in [0.2, 0.25) is 0 Å². The Bertz CT molecular complexity index is 813. The molecule has 2 aromatic carbocycles. The Balaban J connectivity index is 1.52. The molecule has 1 aliphatic heterocycles. The first-order chi connectivity index (χ1) is 12.1. The highest BCUT2D eigenvalue weighted by atomic mass is 16.2. The maximum Gasteiger partial charge on any atom is 0.254 e. The van der Waals surface area contributed by atoms with Crippen LogP contribution in [0.25, 0.3) is 0 Å². The van der Waals surface area contributed by atoms with Gasteiger partial charge in [-0.1, -0.05) is 24.3 Å². The first-order valence-electron chi connectivity index (χ1n) is 8.90. The molecule has 1 heterocycles. The van der Waals surface area contributed by atoms with Crippen molar-refractivity contribution in [3.8, 4) is 0 Å². The van der Waals surface area contributed by atoms with Crippen molar-refractivity contribution in [2.75, 3.05) is 18.5 Å². The predicted octanol–water partition coefficient (Wildman–Crippen LogP) is 3.57. The molecule has 0 spiro atoms. The topological polar surface area (TPSA) is 40.6 Å². The van der Waals surface area contributed by atoms with Gasteiger partial charge in [0.1, 0.15) is 0 Å². The maximum atomic E-state index is 12.9. The van der Waals surface area contributed by atoms with Gasteiger partial charge in [-0.25, -0.2) is 0 Å². The van der Waals surface area contributed by atoms with E-state index in [1.807, 2.05) is 42.3 Å². The Morgan fingerprint density at radius 2 is 1.84 bits per heavy atom. The monoisotopic (exact) mass is 334 g/mol. The third kappa shape index (κ3) is 2.82. The molecule has 0 aromatic heterocycles. The fourth-order valence-corrected chi connectivity index (χ4v) is 3.99. The highest BCUT2D eigenvalue weighted by Gasteiger charge is 2.29. The molecule has 4 heteroatoms. The van der Waals surface area contributed by atoms with Crippen molar-refractivity contribution in [2.24, 2.45) is 0 Å².